The van der Waals surface area contributed by atoms with Crippen LogP contribution in [0.1, 0.15) is 24.4 Å². The van der Waals surface area contributed by atoms with Crippen molar-refractivity contribution < 1.29 is 4.39 Å². The van der Waals surface area contributed by atoms with Gasteiger partial charge in [-0.2, -0.15) is 0 Å². The molecule has 0 aliphatic rings. The van der Waals surface area contributed by atoms with E-state index in [1.165, 1.54) is 6.07 Å². The Morgan fingerprint density at radius 1 is 1.42 bits per heavy atom. The summed E-state index contributed by atoms with van der Waals surface area (Å²) in [5, 5.41) is 3.39. The van der Waals surface area contributed by atoms with Crippen LogP contribution in [-0.2, 0) is 13.5 Å². The molecule has 1 aromatic carbocycles. The van der Waals surface area contributed by atoms with Crippen LogP contribution < -0.4 is 5.32 Å². The van der Waals surface area contributed by atoms with E-state index in [0.29, 0.717) is 6.42 Å². The first kappa shape index (κ1) is 14.2. The highest BCUT2D eigenvalue weighted by atomic mass is 79.9. The summed E-state index contributed by atoms with van der Waals surface area (Å²) in [6, 6.07) is 5.06. The van der Waals surface area contributed by atoms with Crippen LogP contribution >= 0.6 is 15.9 Å². The number of rotatable bonds is 5. The second kappa shape index (κ2) is 6.30. The Labute approximate surface area is 121 Å². The molecule has 1 N–H and O–H groups in total. The van der Waals surface area contributed by atoms with Gasteiger partial charge in [0, 0.05) is 23.9 Å². The lowest BCUT2D eigenvalue weighted by Crippen LogP contribution is -2.25. The number of aromatic nitrogens is 2. The number of nitrogens with zero attached hydrogens (tertiary/aromatic N) is 2. The van der Waals surface area contributed by atoms with Gasteiger partial charge in [0.2, 0.25) is 0 Å². The Morgan fingerprint density at radius 3 is 2.79 bits per heavy atom. The van der Waals surface area contributed by atoms with Crippen LogP contribution in [0.25, 0.3) is 0 Å². The fourth-order valence-electron chi connectivity index (χ4n) is 2.18. The highest BCUT2D eigenvalue weighted by Crippen LogP contribution is 2.21. The van der Waals surface area contributed by atoms with E-state index in [1.54, 1.807) is 12.3 Å². The lowest BCUT2D eigenvalue weighted by Gasteiger charge is -2.18. The quantitative estimate of drug-likeness (QED) is 0.914. The third-order valence-electron chi connectivity index (χ3n) is 2.98. The largest absolute Gasteiger partial charge is 0.337 e. The molecule has 1 heterocycles. The smallest absolute Gasteiger partial charge is 0.125 e. The number of aryl methyl sites for hydroxylation is 1. The summed E-state index contributed by atoms with van der Waals surface area (Å²) in [5.41, 5.74) is 0.945. The van der Waals surface area contributed by atoms with Gasteiger partial charge in [-0.3, -0.25) is 0 Å². The molecule has 3 nitrogen and oxygen atoms in total. The highest BCUT2D eigenvalue weighted by molar-refractivity contribution is 9.10. The van der Waals surface area contributed by atoms with E-state index in [0.717, 1.165) is 22.4 Å². The molecule has 0 spiro atoms. The van der Waals surface area contributed by atoms with Crippen LogP contribution in [0.4, 0.5) is 4.39 Å². The number of nitrogens with one attached hydrogen (secondary N) is 1. The standard InChI is InChI=1S/C14H17BrFN3/c1-3-17-13(14-18-4-5-19(14)2)8-10-6-11(15)9-12(16)7-10/h4-7,9,13,17H,3,8H2,1-2H3. The minimum absolute atomic E-state index is 0.0821. The molecule has 0 fully saturated rings. The first-order valence-electron chi connectivity index (χ1n) is 6.25. The van der Waals surface area contributed by atoms with E-state index >= 15 is 0 Å². The molecule has 0 radical (unpaired) electrons. The van der Waals surface area contributed by atoms with Crippen molar-refractivity contribution in [2.45, 2.75) is 19.4 Å². The van der Waals surface area contributed by atoms with Gasteiger partial charge < -0.3 is 9.88 Å². The average molecular weight is 326 g/mol. The molecule has 2 rings (SSSR count). The zero-order valence-corrected chi connectivity index (χ0v) is 12.6. The van der Waals surface area contributed by atoms with Gasteiger partial charge in [-0.1, -0.05) is 22.9 Å². The van der Waals surface area contributed by atoms with Crippen molar-refractivity contribution in [2.75, 3.05) is 6.54 Å². The second-order valence-electron chi connectivity index (χ2n) is 4.49. The average Bonchev–Trinajstić information content (AvgIpc) is 2.73. The van der Waals surface area contributed by atoms with Crippen molar-refractivity contribution in [3.63, 3.8) is 0 Å². The van der Waals surface area contributed by atoms with Crippen LogP contribution in [0.15, 0.2) is 35.1 Å². The normalized spacial score (nSPS) is 12.6. The summed E-state index contributed by atoms with van der Waals surface area (Å²) >= 11 is 3.32. The molecule has 0 saturated heterocycles. The van der Waals surface area contributed by atoms with Crippen LogP contribution in [-0.4, -0.2) is 16.1 Å². The minimum atomic E-state index is -0.223. The number of hydrogen-bond donors (Lipinski definition) is 1. The van der Waals surface area contributed by atoms with Crippen LogP contribution in [0, 0.1) is 5.82 Å². The Morgan fingerprint density at radius 2 is 2.21 bits per heavy atom. The van der Waals surface area contributed by atoms with E-state index in [9.17, 15) is 4.39 Å². The molecule has 0 saturated carbocycles. The SMILES string of the molecule is CCNC(Cc1cc(F)cc(Br)c1)c1nccn1C. The van der Waals surface area contributed by atoms with Gasteiger partial charge in [0.05, 0.1) is 6.04 Å². The molecular weight excluding hydrogens is 309 g/mol. The number of hydrogen-bond acceptors (Lipinski definition) is 2. The molecule has 0 aliphatic heterocycles. The van der Waals surface area contributed by atoms with E-state index in [1.807, 2.05) is 23.9 Å². The predicted octanol–water partition coefficient (Wildman–Crippen LogP) is 3.22. The number of likely N-dealkylation sites (N-methyl/N-ethyl adjacent to an activating group) is 1. The summed E-state index contributed by atoms with van der Waals surface area (Å²) in [7, 11) is 1.97. The van der Waals surface area contributed by atoms with Gasteiger partial charge in [0.25, 0.3) is 0 Å². The molecular formula is C14H17BrFN3. The third-order valence-corrected chi connectivity index (χ3v) is 3.44. The van der Waals surface area contributed by atoms with Crippen molar-refractivity contribution in [2.24, 2.45) is 7.05 Å². The molecule has 5 heteroatoms. The Bertz CT molecular complexity index is 533. The fraction of sp³-hybridized carbons (Fsp3) is 0.357. The van der Waals surface area contributed by atoms with Gasteiger partial charge in [0.15, 0.2) is 0 Å². The van der Waals surface area contributed by atoms with Gasteiger partial charge in [-0.05, 0) is 36.7 Å². The maximum Gasteiger partial charge on any atom is 0.125 e. The van der Waals surface area contributed by atoms with Crippen molar-refractivity contribution in [3.05, 3.63) is 52.3 Å². The predicted molar refractivity (Wildman–Crippen MR) is 77.4 cm³/mol. The summed E-state index contributed by atoms with van der Waals surface area (Å²) in [6.07, 6.45) is 4.40. The molecule has 1 aromatic heterocycles. The zero-order chi connectivity index (χ0) is 13.8. The number of halogens is 2. The fourth-order valence-corrected chi connectivity index (χ4v) is 2.69. The molecule has 102 valence electrons. The summed E-state index contributed by atoms with van der Waals surface area (Å²) in [6.45, 7) is 2.89. The summed E-state index contributed by atoms with van der Waals surface area (Å²) < 4.78 is 16.2. The maximum atomic E-state index is 13.4. The lowest BCUT2D eigenvalue weighted by molar-refractivity contribution is 0.505. The lowest BCUT2D eigenvalue weighted by atomic mass is 10.1. The summed E-state index contributed by atoms with van der Waals surface area (Å²) in [4.78, 5) is 4.37. The molecule has 1 unspecified atom stereocenters. The topological polar surface area (TPSA) is 29.9 Å². The van der Waals surface area contributed by atoms with Crippen molar-refractivity contribution >= 4 is 15.9 Å². The van der Waals surface area contributed by atoms with Crippen molar-refractivity contribution in [3.8, 4) is 0 Å². The van der Waals surface area contributed by atoms with Crippen molar-refractivity contribution in [1.29, 1.82) is 0 Å². The molecule has 19 heavy (non-hydrogen) atoms. The van der Waals surface area contributed by atoms with Gasteiger partial charge in [-0.25, -0.2) is 9.37 Å². The number of benzene rings is 1. The van der Waals surface area contributed by atoms with Gasteiger partial charge in [0.1, 0.15) is 11.6 Å². The molecule has 0 bridgehead atoms. The van der Waals surface area contributed by atoms with Crippen LogP contribution in [0.3, 0.4) is 0 Å². The van der Waals surface area contributed by atoms with Gasteiger partial charge >= 0.3 is 0 Å². The first-order chi connectivity index (χ1) is 9.10. The first-order valence-corrected chi connectivity index (χ1v) is 7.05. The number of imidazole rings is 1. The van der Waals surface area contributed by atoms with E-state index < -0.39 is 0 Å². The Balaban J connectivity index is 2.23. The molecule has 0 amide bonds. The monoisotopic (exact) mass is 325 g/mol. The molecule has 0 aliphatic carbocycles. The third kappa shape index (κ3) is 3.64. The van der Waals surface area contributed by atoms with E-state index in [-0.39, 0.29) is 11.9 Å². The van der Waals surface area contributed by atoms with Crippen LogP contribution in [0.2, 0.25) is 0 Å². The summed E-state index contributed by atoms with van der Waals surface area (Å²) in [5.74, 6) is 0.738. The molecule has 2 aromatic rings. The minimum Gasteiger partial charge on any atom is -0.337 e. The van der Waals surface area contributed by atoms with Crippen LogP contribution in [0.5, 0.6) is 0 Å². The van der Waals surface area contributed by atoms with Gasteiger partial charge in [-0.15, -0.1) is 0 Å². The highest BCUT2D eigenvalue weighted by Gasteiger charge is 2.16. The Hall–Kier alpha value is -1.20. The van der Waals surface area contributed by atoms with Crippen molar-refractivity contribution in [1.82, 2.24) is 14.9 Å². The second-order valence-corrected chi connectivity index (χ2v) is 5.40. The van der Waals surface area contributed by atoms with E-state index in [4.69, 9.17) is 0 Å². The molecule has 1 atom stereocenters. The maximum absolute atomic E-state index is 13.4. The Kier molecular flexibility index (Phi) is 4.71. The zero-order valence-electron chi connectivity index (χ0n) is 11.0. The van der Waals surface area contributed by atoms with E-state index in [2.05, 4.69) is 33.2 Å².